The number of rotatable bonds is 5. The first kappa shape index (κ1) is 15.0. The van der Waals surface area contributed by atoms with Crippen molar-refractivity contribution in [3.05, 3.63) is 35.9 Å². The number of carbonyl (C=O) groups is 1. The number of benzene rings is 1. The van der Waals surface area contributed by atoms with Crippen LogP contribution in [0.2, 0.25) is 0 Å². The van der Waals surface area contributed by atoms with Gasteiger partial charge in [-0.15, -0.1) is 0 Å². The summed E-state index contributed by atoms with van der Waals surface area (Å²) in [5.41, 5.74) is 0.0580. The Kier molecular flexibility index (Phi) is 4.21. The first-order valence-electron chi connectivity index (χ1n) is 6.43. The predicted molar refractivity (Wildman–Crippen MR) is 78.8 cm³/mol. The van der Waals surface area contributed by atoms with E-state index in [4.69, 9.17) is 18.9 Å². The van der Waals surface area contributed by atoms with E-state index in [0.29, 0.717) is 17.2 Å². The summed E-state index contributed by atoms with van der Waals surface area (Å²) in [5, 5.41) is 0. The first-order chi connectivity index (χ1) is 10.0. The van der Waals surface area contributed by atoms with E-state index in [0.717, 1.165) is 5.56 Å². The normalized spacial score (nSPS) is 20.7. The number of ether oxygens (including phenoxy) is 4. The van der Waals surface area contributed by atoms with Crippen molar-refractivity contribution < 1.29 is 23.7 Å². The molecule has 1 aromatic rings. The number of hydrogen-bond acceptors (Lipinski definition) is 5. The van der Waals surface area contributed by atoms with Crippen molar-refractivity contribution in [1.29, 1.82) is 0 Å². The molecule has 2 rings (SSSR count). The Morgan fingerprint density at radius 1 is 1.05 bits per heavy atom. The highest BCUT2D eigenvalue weighted by Gasteiger charge is 2.27. The van der Waals surface area contributed by atoms with E-state index in [1.807, 2.05) is 6.08 Å². The summed E-state index contributed by atoms with van der Waals surface area (Å²) in [6, 6.07) is 3.55. The zero-order valence-corrected chi connectivity index (χ0v) is 12.5. The molecule has 1 heterocycles. The lowest BCUT2D eigenvalue weighted by Crippen LogP contribution is -2.20. The van der Waals surface area contributed by atoms with Crippen LogP contribution in [-0.2, 0) is 9.53 Å². The molecule has 0 saturated carbocycles. The number of hydrogen-bond donors (Lipinski definition) is 0. The summed E-state index contributed by atoms with van der Waals surface area (Å²) < 4.78 is 21.1. The number of cyclic esters (lactones) is 1. The Morgan fingerprint density at radius 2 is 1.67 bits per heavy atom. The summed E-state index contributed by atoms with van der Waals surface area (Å²) in [7, 11) is 4.72. The lowest BCUT2D eigenvalue weighted by Gasteiger charge is -2.17. The van der Waals surface area contributed by atoms with Gasteiger partial charge in [-0.1, -0.05) is 6.08 Å². The molecule has 0 spiro atoms. The molecule has 0 amide bonds. The predicted octanol–water partition coefficient (Wildman–Crippen LogP) is 2.60. The van der Waals surface area contributed by atoms with Crippen LogP contribution >= 0.6 is 0 Å². The third-order valence-electron chi connectivity index (χ3n) is 3.20. The van der Waals surface area contributed by atoms with E-state index in [-0.39, 0.29) is 5.97 Å². The summed E-state index contributed by atoms with van der Waals surface area (Å²) >= 11 is 0. The van der Waals surface area contributed by atoms with Gasteiger partial charge in [-0.25, -0.2) is 4.79 Å². The fourth-order valence-corrected chi connectivity index (χ4v) is 2.05. The second-order valence-electron chi connectivity index (χ2n) is 4.72. The lowest BCUT2D eigenvalue weighted by atomic mass is 10.0. The standard InChI is InChI=1S/C16H18O5/c1-16(8-6-15(17)21-16)7-5-11-9-13(19-3)14(20-4)10-12(11)18-2/h5-10H,1-4H3/b7-5+. The molecule has 1 aliphatic heterocycles. The largest absolute Gasteiger partial charge is 0.496 e. The van der Waals surface area contributed by atoms with Crippen LogP contribution in [0.15, 0.2) is 30.4 Å². The maximum atomic E-state index is 11.2. The fourth-order valence-electron chi connectivity index (χ4n) is 2.05. The molecule has 0 saturated heterocycles. The molecule has 112 valence electrons. The summed E-state index contributed by atoms with van der Waals surface area (Å²) in [6.07, 6.45) is 6.73. The van der Waals surface area contributed by atoms with Crippen molar-refractivity contribution in [2.45, 2.75) is 12.5 Å². The van der Waals surface area contributed by atoms with Gasteiger partial charge in [0.2, 0.25) is 0 Å². The van der Waals surface area contributed by atoms with Gasteiger partial charge in [0.15, 0.2) is 11.5 Å². The van der Waals surface area contributed by atoms with Gasteiger partial charge >= 0.3 is 5.97 Å². The highest BCUT2D eigenvalue weighted by atomic mass is 16.6. The maximum Gasteiger partial charge on any atom is 0.331 e. The van der Waals surface area contributed by atoms with Gasteiger partial charge in [0, 0.05) is 17.7 Å². The summed E-state index contributed by atoms with van der Waals surface area (Å²) in [5.74, 6) is 1.48. The first-order valence-corrected chi connectivity index (χ1v) is 6.43. The van der Waals surface area contributed by atoms with Crippen LogP contribution in [0.25, 0.3) is 6.08 Å². The van der Waals surface area contributed by atoms with Crippen LogP contribution in [-0.4, -0.2) is 32.9 Å². The Labute approximate surface area is 123 Å². The molecule has 1 aromatic carbocycles. The monoisotopic (exact) mass is 290 g/mol. The number of methoxy groups -OCH3 is 3. The van der Waals surface area contributed by atoms with E-state index in [1.165, 1.54) is 6.08 Å². The molecular formula is C16H18O5. The van der Waals surface area contributed by atoms with E-state index >= 15 is 0 Å². The summed E-state index contributed by atoms with van der Waals surface area (Å²) in [6.45, 7) is 1.80. The van der Waals surface area contributed by atoms with E-state index < -0.39 is 5.60 Å². The molecule has 0 bridgehead atoms. The van der Waals surface area contributed by atoms with E-state index in [2.05, 4.69) is 0 Å². The van der Waals surface area contributed by atoms with Crippen molar-refractivity contribution in [2.75, 3.05) is 21.3 Å². The second kappa shape index (κ2) is 5.91. The van der Waals surface area contributed by atoms with Crippen LogP contribution in [0.1, 0.15) is 12.5 Å². The minimum Gasteiger partial charge on any atom is -0.496 e. The lowest BCUT2D eigenvalue weighted by molar-refractivity contribution is -0.141. The van der Waals surface area contributed by atoms with Gasteiger partial charge < -0.3 is 18.9 Å². The van der Waals surface area contributed by atoms with Gasteiger partial charge in [-0.2, -0.15) is 0 Å². The van der Waals surface area contributed by atoms with Gasteiger partial charge in [-0.05, 0) is 25.1 Å². The number of carbonyl (C=O) groups excluding carboxylic acids is 1. The zero-order chi connectivity index (χ0) is 15.5. The molecule has 0 N–H and O–H groups in total. The van der Waals surface area contributed by atoms with E-state index in [9.17, 15) is 4.79 Å². The second-order valence-corrected chi connectivity index (χ2v) is 4.72. The Bertz CT molecular complexity index is 603. The summed E-state index contributed by atoms with van der Waals surface area (Å²) in [4.78, 5) is 11.2. The minimum atomic E-state index is -0.741. The smallest absolute Gasteiger partial charge is 0.331 e. The zero-order valence-electron chi connectivity index (χ0n) is 12.5. The minimum absolute atomic E-state index is 0.346. The SMILES string of the molecule is COc1cc(OC)c(OC)cc1/C=C/C1(C)C=CC(=O)O1. The maximum absolute atomic E-state index is 11.2. The van der Waals surface area contributed by atoms with Crippen molar-refractivity contribution in [1.82, 2.24) is 0 Å². The topological polar surface area (TPSA) is 54.0 Å². The Balaban J connectivity index is 2.35. The molecule has 1 unspecified atom stereocenters. The average molecular weight is 290 g/mol. The molecule has 1 aliphatic rings. The molecule has 5 heteroatoms. The fraction of sp³-hybridized carbons (Fsp3) is 0.312. The van der Waals surface area contributed by atoms with Crippen LogP contribution in [0.4, 0.5) is 0 Å². The molecule has 0 aliphatic carbocycles. The molecule has 5 nitrogen and oxygen atoms in total. The van der Waals surface area contributed by atoms with Crippen LogP contribution in [0, 0.1) is 0 Å². The Morgan fingerprint density at radius 3 is 2.19 bits per heavy atom. The molecule has 0 radical (unpaired) electrons. The number of esters is 1. The van der Waals surface area contributed by atoms with Crippen LogP contribution in [0.3, 0.4) is 0 Å². The van der Waals surface area contributed by atoms with Gasteiger partial charge in [0.25, 0.3) is 0 Å². The van der Waals surface area contributed by atoms with Gasteiger partial charge in [0.1, 0.15) is 11.4 Å². The van der Waals surface area contributed by atoms with Crippen LogP contribution in [0.5, 0.6) is 17.2 Å². The Hall–Kier alpha value is -2.43. The van der Waals surface area contributed by atoms with Crippen molar-refractivity contribution >= 4 is 12.0 Å². The molecule has 0 aromatic heterocycles. The van der Waals surface area contributed by atoms with Crippen molar-refractivity contribution in [2.24, 2.45) is 0 Å². The molecule has 21 heavy (non-hydrogen) atoms. The highest BCUT2D eigenvalue weighted by Crippen LogP contribution is 2.35. The van der Waals surface area contributed by atoms with Gasteiger partial charge in [0.05, 0.1) is 21.3 Å². The van der Waals surface area contributed by atoms with Gasteiger partial charge in [-0.3, -0.25) is 0 Å². The van der Waals surface area contributed by atoms with E-state index in [1.54, 1.807) is 52.5 Å². The third-order valence-corrected chi connectivity index (χ3v) is 3.20. The third kappa shape index (κ3) is 3.18. The molecule has 1 atom stereocenters. The quantitative estimate of drug-likeness (QED) is 0.780. The highest BCUT2D eigenvalue weighted by molar-refractivity contribution is 5.85. The van der Waals surface area contributed by atoms with Crippen LogP contribution < -0.4 is 14.2 Å². The molecule has 0 fully saturated rings. The van der Waals surface area contributed by atoms with Crippen molar-refractivity contribution in [3.63, 3.8) is 0 Å². The average Bonchev–Trinajstić information content (AvgIpc) is 2.84. The molecular weight excluding hydrogens is 272 g/mol. The van der Waals surface area contributed by atoms with Crippen molar-refractivity contribution in [3.8, 4) is 17.2 Å².